The van der Waals surface area contributed by atoms with Gasteiger partial charge >= 0.3 is 0 Å². The predicted octanol–water partition coefficient (Wildman–Crippen LogP) is 3.27. The highest BCUT2D eigenvalue weighted by Crippen LogP contribution is 2.33. The molecule has 0 aliphatic carbocycles. The van der Waals surface area contributed by atoms with Crippen LogP contribution < -0.4 is 10.9 Å². The number of aromatic nitrogens is 3. The van der Waals surface area contributed by atoms with Crippen LogP contribution in [0.4, 0.5) is 0 Å². The highest BCUT2D eigenvalue weighted by molar-refractivity contribution is 7.13. The van der Waals surface area contributed by atoms with E-state index in [1.807, 2.05) is 53.4 Å². The second-order valence-electron chi connectivity index (χ2n) is 10.4. The summed E-state index contributed by atoms with van der Waals surface area (Å²) in [7, 11) is 0. The molecule has 1 amide bonds. The lowest BCUT2D eigenvalue weighted by Gasteiger charge is -2.41. The quantitative estimate of drug-likeness (QED) is 0.412. The van der Waals surface area contributed by atoms with Crippen LogP contribution in [0.15, 0.2) is 71.8 Å². The minimum Gasteiger partial charge on any atom is -0.388 e. The topological polar surface area (TPSA) is 100 Å². The lowest BCUT2D eigenvalue weighted by molar-refractivity contribution is -0.141. The molecule has 38 heavy (non-hydrogen) atoms. The fourth-order valence-corrected chi connectivity index (χ4v) is 6.62. The molecule has 2 fully saturated rings. The molecule has 4 heterocycles. The number of fused-ring (bicyclic) bond motifs is 1. The van der Waals surface area contributed by atoms with Gasteiger partial charge in [-0.05, 0) is 42.9 Å². The van der Waals surface area contributed by atoms with E-state index in [0.29, 0.717) is 41.8 Å². The Balaban J connectivity index is 1.15. The smallest absolute Gasteiger partial charge is 0.273 e. The summed E-state index contributed by atoms with van der Waals surface area (Å²) >= 11 is 1.14. The molecule has 8 nitrogen and oxygen atoms in total. The van der Waals surface area contributed by atoms with Crippen molar-refractivity contribution in [3.8, 4) is 11.3 Å². The zero-order valence-corrected chi connectivity index (χ0v) is 21.9. The third-order valence-electron chi connectivity index (χ3n) is 7.99. The molecule has 2 aromatic carbocycles. The second kappa shape index (κ2) is 10.4. The molecule has 2 N–H and O–H groups in total. The average Bonchev–Trinajstić information content (AvgIpc) is 3.40. The van der Waals surface area contributed by atoms with Gasteiger partial charge in [0.25, 0.3) is 5.56 Å². The summed E-state index contributed by atoms with van der Waals surface area (Å²) in [4.78, 5) is 33.3. The minimum absolute atomic E-state index is 0.0655. The van der Waals surface area contributed by atoms with Gasteiger partial charge in [0.1, 0.15) is 15.9 Å². The number of nitrogens with one attached hydrogen (secondary N) is 1. The molecular weight excluding hydrogens is 498 g/mol. The molecule has 0 unspecified atom stereocenters. The van der Waals surface area contributed by atoms with E-state index in [1.54, 1.807) is 0 Å². The van der Waals surface area contributed by atoms with Gasteiger partial charge in [0.05, 0.1) is 18.5 Å². The molecule has 0 bridgehead atoms. The first kappa shape index (κ1) is 24.9. The number of carbonyl (C=O) groups is 1. The summed E-state index contributed by atoms with van der Waals surface area (Å²) < 4.78 is 6.47. The van der Waals surface area contributed by atoms with Gasteiger partial charge in [-0.1, -0.05) is 60.7 Å². The van der Waals surface area contributed by atoms with E-state index < -0.39 is 5.60 Å². The van der Waals surface area contributed by atoms with Gasteiger partial charge in [-0.2, -0.15) is 4.37 Å². The Morgan fingerprint density at radius 2 is 1.79 bits per heavy atom. The molecule has 2 saturated heterocycles. The van der Waals surface area contributed by atoms with Crippen molar-refractivity contribution in [2.45, 2.75) is 37.3 Å². The van der Waals surface area contributed by atoms with Crippen molar-refractivity contribution in [1.82, 2.24) is 24.1 Å². The van der Waals surface area contributed by atoms with Crippen molar-refractivity contribution in [2.75, 3.05) is 26.2 Å². The van der Waals surface area contributed by atoms with Gasteiger partial charge < -0.3 is 15.3 Å². The highest BCUT2D eigenvalue weighted by atomic mass is 32.1. The zero-order chi connectivity index (χ0) is 26.1. The second-order valence-corrected chi connectivity index (χ2v) is 11.2. The number of rotatable bonds is 5. The van der Waals surface area contributed by atoms with Crippen LogP contribution >= 0.6 is 11.5 Å². The van der Waals surface area contributed by atoms with E-state index in [2.05, 4.69) is 26.8 Å². The average molecular weight is 530 g/mol. The molecular formula is C29H31N5O3S. The lowest BCUT2D eigenvalue weighted by Crippen LogP contribution is -2.52. The maximum Gasteiger partial charge on any atom is 0.273 e. The van der Waals surface area contributed by atoms with Crippen LogP contribution in [0.2, 0.25) is 0 Å². The van der Waals surface area contributed by atoms with Crippen molar-refractivity contribution < 1.29 is 9.90 Å². The van der Waals surface area contributed by atoms with Crippen molar-refractivity contribution in [1.29, 1.82) is 0 Å². The predicted molar refractivity (Wildman–Crippen MR) is 148 cm³/mol. The lowest BCUT2D eigenvalue weighted by atomic mass is 9.80. The standard InChI is InChI=1S/C29H31N5O3S/c35-27(22-11-14-30-17-23(22)20-7-3-1-4-8-20)33-15-12-29(37,13-16-33)18-34-19-31-25-24(21-9-5-2-6-10-21)32-38-26(25)28(34)36/h1-10,19,22-23,30,37H,11-18H2/t22-,23+/m1/s1. The van der Waals surface area contributed by atoms with Crippen molar-refractivity contribution >= 4 is 27.7 Å². The van der Waals surface area contributed by atoms with Gasteiger partial charge in [0.2, 0.25) is 5.91 Å². The number of piperidine rings is 2. The first-order valence-corrected chi connectivity index (χ1v) is 14.0. The summed E-state index contributed by atoms with van der Waals surface area (Å²) in [5, 5.41) is 14.8. The van der Waals surface area contributed by atoms with Crippen LogP contribution in [0, 0.1) is 5.92 Å². The number of hydrogen-bond acceptors (Lipinski definition) is 7. The summed E-state index contributed by atoms with van der Waals surface area (Å²) in [5.74, 6) is 0.250. The number of benzene rings is 2. The van der Waals surface area contributed by atoms with Crippen molar-refractivity contribution in [3.05, 3.63) is 82.9 Å². The third-order valence-corrected chi connectivity index (χ3v) is 8.82. The highest BCUT2D eigenvalue weighted by Gasteiger charge is 2.39. The number of amides is 1. The Kier molecular flexibility index (Phi) is 6.82. The van der Waals surface area contributed by atoms with Gasteiger partial charge in [-0.3, -0.25) is 14.2 Å². The summed E-state index contributed by atoms with van der Waals surface area (Å²) in [6.45, 7) is 2.73. The van der Waals surface area contributed by atoms with Crippen LogP contribution in [-0.2, 0) is 11.3 Å². The van der Waals surface area contributed by atoms with Gasteiger partial charge in [-0.15, -0.1) is 0 Å². The van der Waals surface area contributed by atoms with Gasteiger partial charge in [0.15, 0.2) is 0 Å². The number of likely N-dealkylation sites (tertiary alicyclic amines) is 1. The molecule has 2 aliphatic heterocycles. The molecule has 9 heteroatoms. The van der Waals surface area contributed by atoms with Crippen LogP contribution in [0.3, 0.4) is 0 Å². The molecule has 0 radical (unpaired) electrons. The van der Waals surface area contributed by atoms with Crippen molar-refractivity contribution in [3.63, 3.8) is 0 Å². The van der Waals surface area contributed by atoms with E-state index >= 15 is 0 Å². The zero-order valence-electron chi connectivity index (χ0n) is 21.1. The summed E-state index contributed by atoms with van der Waals surface area (Å²) in [6.07, 6.45) is 3.16. The maximum absolute atomic E-state index is 13.6. The van der Waals surface area contributed by atoms with E-state index in [9.17, 15) is 14.7 Å². The monoisotopic (exact) mass is 529 g/mol. The SMILES string of the molecule is O=C([C@@H]1CCNC[C@H]1c1ccccc1)N1CCC(O)(Cn2cnc3c(-c4ccccc4)nsc3c2=O)CC1. The first-order chi connectivity index (χ1) is 18.5. The molecule has 2 atom stereocenters. The van der Waals surface area contributed by atoms with E-state index in [1.165, 1.54) is 16.5 Å². The molecule has 0 saturated carbocycles. The molecule has 4 aromatic rings. The molecule has 6 rings (SSSR count). The number of carbonyl (C=O) groups excluding carboxylic acids is 1. The number of nitrogens with zero attached hydrogens (tertiary/aromatic N) is 4. The largest absolute Gasteiger partial charge is 0.388 e. The van der Waals surface area contributed by atoms with Crippen LogP contribution in [-0.4, -0.2) is 61.6 Å². The van der Waals surface area contributed by atoms with Crippen LogP contribution in [0.5, 0.6) is 0 Å². The maximum atomic E-state index is 13.6. The third kappa shape index (κ3) is 4.77. The van der Waals surface area contributed by atoms with Gasteiger partial charge in [0, 0.05) is 37.0 Å². The molecule has 2 aromatic heterocycles. The normalized spacial score (nSPS) is 21.4. The Hall–Kier alpha value is -3.40. The molecule has 0 spiro atoms. The Labute approximate surface area is 225 Å². The fraction of sp³-hybridized carbons (Fsp3) is 0.379. The van der Waals surface area contributed by atoms with E-state index in [0.717, 1.165) is 36.6 Å². The van der Waals surface area contributed by atoms with Gasteiger partial charge in [-0.25, -0.2) is 4.98 Å². The summed E-state index contributed by atoms with van der Waals surface area (Å²) in [6, 6.07) is 19.9. The van der Waals surface area contributed by atoms with Crippen LogP contribution in [0.25, 0.3) is 21.5 Å². The van der Waals surface area contributed by atoms with E-state index in [-0.39, 0.29) is 29.8 Å². The number of hydrogen-bond donors (Lipinski definition) is 2. The fourth-order valence-electron chi connectivity index (χ4n) is 5.81. The van der Waals surface area contributed by atoms with Crippen LogP contribution in [0.1, 0.15) is 30.7 Å². The van der Waals surface area contributed by atoms with E-state index in [4.69, 9.17) is 0 Å². The molecule has 196 valence electrons. The Bertz CT molecular complexity index is 1480. The Morgan fingerprint density at radius 1 is 1.08 bits per heavy atom. The first-order valence-electron chi connectivity index (χ1n) is 13.2. The summed E-state index contributed by atoms with van der Waals surface area (Å²) in [5.41, 5.74) is 2.13. The molecule has 2 aliphatic rings. The number of aliphatic hydroxyl groups is 1. The Morgan fingerprint density at radius 3 is 2.53 bits per heavy atom. The van der Waals surface area contributed by atoms with Crippen molar-refractivity contribution in [2.24, 2.45) is 5.92 Å². The minimum atomic E-state index is -1.07.